The lowest BCUT2D eigenvalue weighted by molar-refractivity contribution is -0.00369. The first-order valence-electron chi connectivity index (χ1n) is 10.7. The first kappa shape index (κ1) is 22.3. The molecule has 0 radical (unpaired) electrons. The van der Waals surface area contributed by atoms with Gasteiger partial charge in [0.2, 0.25) is 0 Å². The van der Waals surface area contributed by atoms with Crippen LogP contribution in [-0.2, 0) is 17.8 Å². The zero-order chi connectivity index (χ0) is 21.8. The van der Waals surface area contributed by atoms with Crippen molar-refractivity contribution in [1.82, 2.24) is 9.80 Å². The van der Waals surface area contributed by atoms with Crippen LogP contribution in [0.3, 0.4) is 0 Å². The van der Waals surface area contributed by atoms with Crippen molar-refractivity contribution in [2.24, 2.45) is 0 Å². The number of carbonyl (C=O) groups is 1. The molecule has 2 aromatic rings. The minimum absolute atomic E-state index is 0.0693. The fraction of sp³-hybridized carbons (Fsp3) is 0.480. The van der Waals surface area contributed by atoms with Crippen LogP contribution in [0, 0.1) is 0 Å². The maximum Gasteiger partial charge on any atom is 0.410 e. The average Bonchev–Trinajstić information content (AvgIpc) is 2.96. The van der Waals surface area contributed by atoms with Gasteiger partial charge in [0, 0.05) is 25.7 Å². The number of rotatable bonds is 6. The van der Waals surface area contributed by atoms with Gasteiger partial charge in [0.25, 0.3) is 0 Å². The molecule has 1 aliphatic rings. The average molecular weight is 411 g/mol. The molecule has 1 N–H and O–H groups in total. The van der Waals surface area contributed by atoms with Crippen LogP contribution in [0.4, 0.5) is 4.79 Å². The van der Waals surface area contributed by atoms with Crippen LogP contribution in [0.2, 0.25) is 0 Å². The van der Waals surface area contributed by atoms with E-state index >= 15 is 0 Å². The highest BCUT2D eigenvalue weighted by Gasteiger charge is 2.45. The summed E-state index contributed by atoms with van der Waals surface area (Å²) in [5.41, 5.74) is 0.878. The van der Waals surface area contributed by atoms with Gasteiger partial charge in [-0.1, -0.05) is 60.7 Å². The number of nitrogens with zero attached hydrogens (tertiary/aromatic N) is 2. The Hall–Kier alpha value is -2.37. The zero-order valence-electron chi connectivity index (χ0n) is 18.5. The van der Waals surface area contributed by atoms with Gasteiger partial charge in [-0.3, -0.25) is 4.90 Å². The minimum atomic E-state index is -0.972. The number of likely N-dealkylation sites (tertiary alicyclic amines) is 1. The quantitative estimate of drug-likeness (QED) is 0.764. The number of aliphatic hydroxyl groups is 1. The van der Waals surface area contributed by atoms with Crippen molar-refractivity contribution < 1.29 is 14.6 Å². The van der Waals surface area contributed by atoms with Crippen LogP contribution in [-0.4, -0.2) is 51.3 Å². The smallest absolute Gasteiger partial charge is 0.410 e. The molecule has 5 heteroatoms. The Balaban J connectivity index is 1.73. The molecule has 2 unspecified atom stereocenters. The lowest BCUT2D eigenvalue weighted by atomic mass is 9.99. The van der Waals surface area contributed by atoms with Crippen molar-refractivity contribution in [3.8, 4) is 0 Å². The molecule has 1 saturated heterocycles. The third-order valence-electron chi connectivity index (χ3n) is 5.32. The van der Waals surface area contributed by atoms with Crippen LogP contribution in [0.15, 0.2) is 60.7 Å². The summed E-state index contributed by atoms with van der Waals surface area (Å²) < 4.78 is 5.54. The molecule has 5 nitrogen and oxygen atoms in total. The third kappa shape index (κ3) is 6.31. The molecule has 0 aromatic heterocycles. The Morgan fingerprint density at radius 3 is 2.03 bits per heavy atom. The van der Waals surface area contributed by atoms with Crippen molar-refractivity contribution >= 4 is 6.09 Å². The van der Waals surface area contributed by atoms with Crippen molar-refractivity contribution in [2.75, 3.05) is 13.1 Å². The predicted molar refractivity (Wildman–Crippen MR) is 119 cm³/mol. The van der Waals surface area contributed by atoms with Gasteiger partial charge in [0.05, 0.1) is 12.1 Å². The van der Waals surface area contributed by atoms with E-state index < -0.39 is 11.2 Å². The van der Waals surface area contributed by atoms with Crippen LogP contribution in [0.1, 0.15) is 45.2 Å². The molecule has 30 heavy (non-hydrogen) atoms. The molecular formula is C25H34N2O3. The Bertz CT molecular complexity index is 778. The summed E-state index contributed by atoms with van der Waals surface area (Å²) in [6.45, 7) is 9.79. The van der Waals surface area contributed by atoms with E-state index in [1.165, 1.54) is 11.1 Å². The van der Waals surface area contributed by atoms with Crippen LogP contribution in [0.5, 0.6) is 0 Å². The molecule has 0 spiro atoms. The minimum Gasteiger partial charge on any atom is -0.444 e. The first-order chi connectivity index (χ1) is 14.1. The fourth-order valence-electron chi connectivity index (χ4n) is 4.14. The van der Waals surface area contributed by atoms with E-state index in [9.17, 15) is 9.90 Å². The summed E-state index contributed by atoms with van der Waals surface area (Å²) in [6.07, 6.45) is 0.176. The summed E-state index contributed by atoms with van der Waals surface area (Å²) in [5, 5.41) is 11.4. The second kappa shape index (κ2) is 9.19. The molecule has 1 fully saturated rings. The molecule has 0 bridgehead atoms. The largest absolute Gasteiger partial charge is 0.444 e. The number of hydrogen-bond donors (Lipinski definition) is 1. The van der Waals surface area contributed by atoms with E-state index in [1.807, 2.05) is 64.1 Å². The molecular weight excluding hydrogens is 376 g/mol. The molecule has 0 saturated carbocycles. The van der Waals surface area contributed by atoms with E-state index in [2.05, 4.69) is 29.2 Å². The molecule has 0 aliphatic carbocycles. The van der Waals surface area contributed by atoms with Crippen molar-refractivity contribution in [3.05, 3.63) is 71.8 Å². The highest BCUT2D eigenvalue weighted by molar-refractivity contribution is 5.69. The molecule has 1 aliphatic heterocycles. The van der Waals surface area contributed by atoms with Gasteiger partial charge in [0.1, 0.15) is 5.60 Å². The Kier molecular flexibility index (Phi) is 6.84. The van der Waals surface area contributed by atoms with Crippen molar-refractivity contribution in [3.63, 3.8) is 0 Å². The summed E-state index contributed by atoms with van der Waals surface area (Å²) in [7, 11) is 0. The number of β-amino-alcohol motifs (C(OH)–C–C–N with tert-alkyl or cyclic N) is 1. The summed E-state index contributed by atoms with van der Waals surface area (Å²) >= 11 is 0. The lowest BCUT2D eigenvalue weighted by Gasteiger charge is -2.32. The second-order valence-electron chi connectivity index (χ2n) is 9.50. The van der Waals surface area contributed by atoms with E-state index in [-0.39, 0.29) is 18.7 Å². The van der Waals surface area contributed by atoms with E-state index in [1.54, 1.807) is 4.90 Å². The van der Waals surface area contributed by atoms with Gasteiger partial charge >= 0.3 is 6.09 Å². The fourth-order valence-corrected chi connectivity index (χ4v) is 4.14. The van der Waals surface area contributed by atoms with Crippen LogP contribution < -0.4 is 0 Å². The lowest BCUT2D eigenvalue weighted by Crippen LogP contribution is -2.46. The summed E-state index contributed by atoms with van der Waals surface area (Å²) in [5.74, 6) is 0. The third-order valence-corrected chi connectivity index (χ3v) is 5.32. The normalized spacial score (nSPS) is 21.8. The Labute approximate surface area is 180 Å². The van der Waals surface area contributed by atoms with Gasteiger partial charge in [-0.2, -0.15) is 0 Å². The standard InChI is InChI=1S/C25H34N2O3/c1-20-15-25(29,19-27(20)23(28)30-24(2,3)4)18-26(16-21-11-7-5-8-12-21)17-22-13-9-6-10-14-22/h5-14,20,29H,15-19H2,1-4H3. The maximum absolute atomic E-state index is 12.6. The van der Waals surface area contributed by atoms with Gasteiger partial charge in [0.15, 0.2) is 0 Å². The van der Waals surface area contributed by atoms with Crippen molar-refractivity contribution in [2.45, 2.75) is 64.4 Å². The number of amides is 1. The monoisotopic (exact) mass is 410 g/mol. The highest BCUT2D eigenvalue weighted by atomic mass is 16.6. The number of ether oxygens (including phenoxy) is 1. The highest BCUT2D eigenvalue weighted by Crippen LogP contribution is 2.30. The van der Waals surface area contributed by atoms with Gasteiger partial charge in [-0.05, 0) is 45.2 Å². The van der Waals surface area contributed by atoms with E-state index in [4.69, 9.17) is 4.74 Å². The van der Waals surface area contributed by atoms with Gasteiger partial charge in [-0.25, -0.2) is 4.79 Å². The topological polar surface area (TPSA) is 53.0 Å². The second-order valence-corrected chi connectivity index (χ2v) is 9.50. The molecule has 1 amide bonds. The molecule has 162 valence electrons. The maximum atomic E-state index is 12.6. The van der Waals surface area contributed by atoms with Crippen molar-refractivity contribution in [1.29, 1.82) is 0 Å². The van der Waals surface area contributed by atoms with Crippen LogP contribution >= 0.6 is 0 Å². The predicted octanol–water partition coefficient (Wildman–Crippen LogP) is 4.45. The SMILES string of the molecule is CC1CC(O)(CN(Cc2ccccc2)Cc2ccccc2)CN1C(=O)OC(C)(C)C. The summed E-state index contributed by atoms with van der Waals surface area (Å²) in [6, 6.07) is 20.5. The first-order valence-corrected chi connectivity index (χ1v) is 10.7. The van der Waals surface area contributed by atoms with Gasteiger partial charge in [-0.15, -0.1) is 0 Å². The molecule has 3 rings (SSSR count). The van der Waals surface area contributed by atoms with E-state index in [0.717, 1.165) is 13.1 Å². The van der Waals surface area contributed by atoms with Crippen LogP contribution in [0.25, 0.3) is 0 Å². The van der Waals surface area contributed by atoms with E-state index in [0.29, 0.717) is 13.0 Å². The molecule has 1 heterocycles. The molecule has 2 atom stereocenters. The molecule has 2 aromatic carbocycles. The number of hydrogen-bond acceptors (Lipinski definition) is 4. The number of carbonyl (C=O) groups excluding carboxylic acids is 1. The summed E-state index contributed by atoms with van der Waals surface area (Å²) in [4.78, 5) is 16.5. The Morgan fingerprint density at radius 1 is 1.07 bits per heavy atom. The number of benzene rings is 2. The zero-order valence-corrected chi connectivity index (χ0v) is 18.5. The van der Waals surface area contributed by atoms with Gasteiger partial charge < -0.3 is 14.7 Å². The Morgan fingerprint density at radius 2 is 1.57 bits per heavy atom.